The zero-order valence-electron chi connectivity index (χ0n) is 7.67. The number of likely N-dealkylation sites (N-methyl/N-ethyl adjacent to an activating group) is 1. The van der Waals surface area contributed by atoms with Gasteiger partial charge < -0.3 is 15.4 Å². The van der Waals surface area contributed by atoms with Crippen molar-refractivity contribution in [2.75, 3.05) is 20.1 Å². The molecule has 70 valence electrons. The van der Waals surface area contributed by atoms with Crippen LogP contribution in [0.1, 0.15) is 19.8 Å². The summed E-state index contributed by atoms with van der Waals surface area (Å²) in [7, 11) is 1.69. The third kappa shape index (κ3) is 4.85. The molecule has 0 radical (unpaired) electrons. The van der Waals surface area contributed by atoms with Crippen LogP contribution in [0.3, 0.4) is 0 Å². The van der Waals surface area contributed by atoms with E-state index in [0.29, 0.717) is 25.9 Å². The molecule has 0 aliphatic rings. The van der Waals surface area contributed by atoms with E-state index in [0.717, 1.165) is 0 Å². The van der Waals surface area contributed by atoms with Crippen molar-refractivity contribution < 1.29 is 9.59 Å². The highest BCUT2D eigenvalue weighted by atomic mass is 16.2. The molecule has 0 saturated heterocycles. The van der Waals surface area contributed by atoms with Crippen LogP contribution in [0.4, 0.5) is 0 Å². The fraction of sp³-hybridized carbons (Fsp3) is 0.750. The Morgan fingerprint density at radius 2 is 1.92 bits per heavy atom. The van der Waals surface area contributed by atoms with Gasteiger partial charge in [0.1, 0.15) is 5.78 Å². The number of amides is 1. The smallest absolute Gasteiger partial charge is 0.222 e. The van der Waals surface area contributed by atoms with Gasteiger partial charge in [-0.25, -0.2) is 0 Å². The number of Topliss-reactive ketones (excluding diaryl/α,β-unsaturated/α-hetero) is 1. The maximum Gasteiger partial charge on any atom is 0.222 e. The van der Waals surface area contributed by atoms with Crippen LogP contribution in [0.5, 0.6) is 0 Å². The SMILES string of the molecule is CC(=O)CCC(=O)N(C)CCN. The zero-order valence-corrected chi connectivity index (χ0v) is 7.67. The van der Waals surface area contributed by atoms with Gasteiger partial charge in [-0.3, -0.25) is 4.79 Å². The Kier molecular flexibility index (Phi) is 5.28. The molecule has 1 amide bonds. The first kappa shape index (κ1) is 11.1. The molecule has 2 N–H and O–H groups in total. The number of nitrogens with two attached hydrogens (primary N) is 1. The third-order valence-electron chi connectivity index (χ3n) is 1.58. The number of ketones is 1. The van der Waals surface area contributed by atoms with Crippen LogP contribution < -0.4 is 5.73 Å². The highest BCUT2D eigenvalue weighted by Gasteiger charge is 2.07. The van der Waals surface area contributed by atoms with Crippen LogP contribution in [-0.4, -0.2) is 36.7 Å². The van der Waals surface area contributed by atoms with E-state index in [-0.39, 0.29) is 11.7 Å². The van der Waals surface area contributed by atoms with Crippen molar-refractivity contribution in [1.82, 2.24) is 4.90 Å². The number of nitrogens with zero attached hydrogens (tertiary/aromatic N) is 1. The summed E-state index contributed by atoms with van der Waals surface area (Å²) in [4.78, 5) is 23.2. The highest BCUT2D eigenvalue weighted by Crippen LogP contribution is 1.95. The Bertz CT molecular complexity index is 168. The molecule has 0 spiro atoms. The minimum Gasteiger partial charge on any atom is -0.344 e. The summed E-state index contributed by atoms with van der Waals surface area (Å²) < 4.78 is 0. The van der Waals surface area contributed by atoms with Gasteiger partial charge in [0.15, 0.2) is 0 Å². The molecule has 0 aliphatic heterocycles. The Morgan fingerprint density at radius 3 is 2.33 bits per heavy atom. The largest absolute Gasteiger partial charge is 0.344 e. The lowest BCUT2D eigenvalue weighted by molar-refractivity contribution is -0.131. The van der Waals surface area contributed by atoms with Crippen LogP contribution >= 0.6 is 0 Å². The fourth-order valence-electron chi connectivity index (χ4n) is 0.792. The number of rotatable bonds is 5. The molecule has 12 heavy (non-hydrogen) atoms. The Balaban J connectivity index is 3.64. The summed E-state index contributed by atoms with van der Waals surface area (Å²) in [6.07, 6.45) is 0.625. The number of carbonyl (C=O) groups is 2. The summed E-state index contributed by atoms with van der Waals surface area (Å²) >= 11 is 0. The summed E-state index contributed by atoms with van der Waals surface area (Å²) in [5, 5.41) is 0. The minimum absolute atomic E-state index is 0.0179. The lowest BCUT2D eigenvalue weighted by Gasteiger charge is -2.14. The maximum absolute atomic E-state index is 11.2. The van der Waals surface area contributed by atoms with E-state index in [1.165, 1.54) is 6.92 Å². The summed E-state index contributed by atoms with van der Waals surface area (Å²) in [6.45, 7) is 2.50. The van der Waals surface area contributed by atoms with E-state index < -0.39 is 0 Å². The normalized spacial score (nSPS) is 9.58. The first-order valence-corrected chi connectivity index (χ1v) is 4.01. The molecule has 4 heteroatoms. The molecule has 0 bridgehead atoms. The van der Waals surface area contributed by atoms with Crippen molar-refractivity contribution >= 4 is 11.7 Å². The van der Waals surface area contributed by atoms with E-state index >= 15 is 0 Å². The molecule has 0 atom stereocenters. The second-order valence-electron chi connectivity index (χ2n) is 2.81. The number of carbonyl (C=O) groups excluding carboxylic acids is 2. The first-order chi connectivity index (χ1) is 5.57. The fourth-order valence-corrected chi connectivity index (χ4v) is 0.792. The van der Waals surface area contributed by atoms with Crippen molar-refractivity contribution in [2.24, 2.45) is 5.73 Å². The summed E-state index contributed by atoms with van der Waals surface area (Å²) in [5.74, 6) is 0.0279. The molecule has 0 aromatic carbocycles. The summed E-state index contributed by atoms with van der Waals surface area (Å²) in [6, 6.07) is 0. The molecule has 4 nitrogen and oxygen atoms in total. The van der Waals surface area contributed by atoms with Crippen LogP contribution in [0.2, 0.25) is 0 Å². The topological polar surface area (TPSA) is 63.4 Å². The van der Waals surface area contributed by atoms with Crippen molar-refractivity contribution in [2.45, 2.75) is 19.8 Å². The van der Waals surface area contributed by atoms with Gasteiger partial charge in [-0.2, -0.15) is 0 Å². The average molecular weight is 172 g/mol. The van der Waals surface area contributed by atoms with E-state index in [1.54, 1.807) is 11.9 Å². The van der Waals surface area contributed by atoms with E-state index in [4.69, 9.17) is 5.73 Å². The lowest BCUT2D eigenvalue weighted by atomic mass is 10.2. The molecule has 0 heterocycles. The highest BCUT2D eigenvalue weighted by molar-refractivity contribution is 5.83. The Labute approximate surface area is 72.7 Å². The molecule has 0 aliphatic carbocycles. The van der Waals surface area contributed by atoms with Gasteiger partial charge in [-0.15, -0.1) is 0 Å². The van der Waals surface area contributed by atoms with Crippen molar-refractivity contribution in [3.05, 3.63) is 0 Å². The molecule has 0 rings (SSSR count). The van der Waals surface area contributed by atoms with Gasteiger partial charge in [-0.1, -0.05) is 0 Å². The average Bonchev–Trinajstić information content (AvgIpc) is 2.00. The van der Waals surface area contributed by atoms with Crippen LogP contribution in [-0.2, 0) is 9.59 Å². The van der Waals surface area contributed by atoms with Crippen molar-refractivity contribution in [3.8, 4) is 0 Å². The van der Waals surface area contributed by atoms with Gasteiger partial charge in [-0.05, 0) is 6.92 Å². The molecule has 0 unspecified atom stereocenters. The molecule has 0 saturated carbocycles. The first-order valence-electron chi connectivity index (χ1n) is 4.01. The van der Waals surface area contributed by atoms with Gasteiger partial charge in [0.25, 0.3) is 0 Å². The van der Waals surface area contributed by atoms with E-state index in [1.807, 2.05) is 0 Å². The molecular formula is C8H16N2O2. The van der Waals surface area contributed by atoms with Gasteiger partial charge in [0, 0.05) is 33.0 Å². The van der Waals surface area contributed by atoms with E-state index in [2.05, 4.69) is 0 Å². The second kappa shape index (κ2) is 5.71. The molecular weight excluding hydrogens is 156 g/mol. The minimum atomic E-state index is -0.0179. The van der Waals surface area contributed by atoms with E-state index in [9.17, 15) is 9.59 Å². The second-order valence-corrected chi connectivity index (χ2v) is 2.81. The quantitative estimate of drug-likeness (QED) is 0.623. The zero-order chi connectivity index (χ0) is 9.56. The molecule has 0 fully saturated rings. The molecule has 0 aromatic rings. The molecule has 0 aromatic heterocycles. The number of hydrogen-bond acceptors (Lipinski definition) is 3. The summed E-state index contributed by atoms with van der Waals surface area (Å²) in [5.41, 5.74) is 5.26. The maximum atomic E-state index is 11.2. The standard InChI is InChI=1S/C8H16N2O2/c1-7(11)3-4-8(12)10(2)6-5-9/h3-6,9H2,1-2H3. The van der Waals surface area contributed by atoms with Crippen molar-refractivity contribution in [1.29, 1.82) is 0 Å². The monoisotopic (exact) mass is 172 g/mol. The van der Waals surface area contributed by atoms with Gasteiger partial charge >= 0.3 is 0 Å². The number of hydrogen-bond donors (Lipinski definition) is 1. The van der Waals surface area contributed by atoms with Crippen LogP contribution in [0, 0.1) is 0 Å². The Hall–Kier alpha value is -0.900. The van der Waals surface area contributed by atoms with Crippen LogP contribution in [0.15, 0.2) is 0 Å². The van der Waals surface area contributed by atoms with Gasteiger partial charge in [0.2, 0.25) is 5.91 Å². The predicted octanol–water partition coefficient (Wildman–Crippen LogP) is -0.227. The Morgan fingerprint density at radius 1 is 1.33 bits per heavy atom. The third-order valence-corrected chi connectivity index (χ3v) is 1.58. The predicted molar refractivity (Wildman–Crippen MR) is 46.6 cm³/mol. The lowest BCUT2D eigenvalue weighted by Crippen LogP contribution is -2.31. The van der Waals surface area contributed by atoms with Gasteiger partial charge in [0.05, 0.1) is 0 Å². The van der Waals surface area contributed by atoms with Crippen LogP contribution in [0.25, 0.3) is 0 Å². The van der Waals surface area contributed by atoms with Crippen molar-refractivity contribution in [3.63, 3.8) is 0 Å².